The van der Waals surface area contributed by atoms with Crippen LogP contribution < -0.4 is 0 Å². The summed E-state index contributed by atoms with van der Waals surface area (Å²) in [4.78, 5) is 5.11. The molecule has 0 radical (unpaired) electrons. The molecular weight excluding hydrogens is 546 g/mol. The molecule has 2 nitrogen and oxygen atoms in total. The first-order valence-corrected chi connectivity index (χ1v) is 15.3. The van der Waals surface area contributed by atoms with E-state index in [2.05, 4.69) is 152 Å². The Morgan fingerprint density at radius 1 is 0.356 bits per heavy atom. The number of fused-ring (bicyclic) bond motifs is 7. The molecule has 0 bridgehead atoms. The van der Waals surface area contributed by atoms with E-state index in [0.29, 0.717) is 0 Å². The number of benzene rings is 7. The molecule has 0 saturated heterocycles. The summed E-state index contributed by atoms with van der Waals surface area (Å²) in [7, 11) is 0. The van der Waals surface area contributed by atoms with Crippen molar-refractivity contribution in [2.45, 2.75) is 0 Å². The van der Waals surface area contributed by atoms with E-state index in [1.54, 1.807) is 0 Å². The SMILES string of the molecule is c1ccc(-c2cc(-c3ccccc3)cc(-c3ccc4oc5c(ccc6c(-c7ccccc7)nc7ccccc7c65)c4c3)c2)cc1. The highest BCUT2D eigenvalue weighted by molar-refractivity contribution is 6.24. The molecule has 0 aliphatic rings. The van der Waals surface area contributed by atoms with Crippen molar-refractivity contribution < 1.29 is 4.42 Å². The van der Waals surface area contributed by atoms with E-state index in [-0.39, 0.29) is 0 Å². The van der Waals surface area contributed by atoms with Gasteiger partial charge in [-0.2, -0.15) is 0 Å². The molecule has 0 aliphatic carbocycles. The van der Waals surface area contributed by atoms with Gasteiger partial charge < -0.3 is 4.42 Å². The topological polar surface area (TPSA) is 26.0 Å². The maximum atomic E-state index is 6.71. The second-order valence-corrected chi connectivity index (χ2v) is 11.6. The first kappa shape index (κ1) is 25.5. The van der Waals surface area contributed by atoms with E-state index in [9.17, 15) is 0 Å². The predicted molar refractivity (Wildman–Crippen MR) is 188 cm³/mol. The normalized spacial score (nSPS) is 11.6. The molecule has 0 N–H and O–H groups in total. The third kappa shape index (κ3) is 4.30. The summed E-state index contributed by atoms with van der Waals surface area (Å²) < 4.78 is 6.71. The van der Waals surface area contributed by atoms with Gasteiger partial charge in [0.2, 0.25) is 0 Å². The highest BCUT2D eigenvalue weighted by Crippen LogP contribution is 2.42. The van der Waals surface area contributed by atoms with E-state index < -0.39 is 0 Å². The molecule has 45 heavy (non-hydrogen) atoms. The molecule has 2 heteroatoms. The third-order valence-electron chi connectivity index (χ3n) is 8.83. The summed E-state index contributed by atoms with van der Waals surface area (Å²) in [6.45, 7) is 0. The second-order valence-electron chi connectivity index (χ2n) is 11.6. The van der Waals surface area contributed by atoms with Crippen molar-refractivity contribution in [3.8, 4) is 44.6 Å². The van der Waals surface area contributed by atoms with Crippen LogP contribution in [0.1, 0.15) is 0 Å². The van der Waals surface area contributed by atoms with Crippen LogP contribution in [0, 0.1) is 0 Å². The monoisotopic (exact) mass is 573 g/mol. The van der Waals surface area contributed by atoms with Gasteiger partial charge in [-0.25, -0.2) is 4.98 Å². The predicted octanol–water partition coefficient (Wildman–Crippen LogP) is 12.0. The Kier molecular flexibility index (Phi) is 5.85. The Morgan fingerprint density at radius 3 is 1.58 bits per heavy atom. The zero-order chi connectivity index (χ0) is 29.7. The molecule has 0 spiro atoms. The van der Waals surface area contributed by atoms with Crippen molar-refractivity contribution in [3.63, 3.8) is 0 Å². The maximum absolute atomic E-state index is 6.71. The van der Waals surface area contributed by atoms with Crippen molar-refractivity contribution in [2.24, 2.45) is 0 Å². The Balaban J connectivity index is 1.28. The minimum atomic E-state index is 0.880. The van der Waals surface area contributed by atoms with Gasteiger partial charge in [-0.3, -0.25) is 0 Å². The molecule has 0 unspecified atom stereocenters. The molecule has 2 heterocycles. The van der Waals surface area contributed by atoms with Crippen LogP contribution in [-0.4, -0.2) is 4.98 Å². The zero-order valence-electron chi connectivity index (χ0n) is 24.4. The lowest BCUT2D eigenvalue weighted by Crippen LogP contribution is -1.90. The lowest BCUT2D eigenvalue weighted by atomic mass is 9.92. The smallest absolute Gasteiger partial charge is 0.144 e. The van der Waals surface area contributed by atoms with Crippen LogP contribution in [0.2, 0.25) is 0 Å². The average molecular weight is 574 g/mol. The summed E-state index contributed by atoms with van der Waals surface area (Å²) in [6, 6.07) is 57.9. The maximum Gasteiger partial charge on any atom is 0.144 e. The summed E-state index contributed by atoms with van der Waals surface area (Å²) >= 11 is 0. The van der Waals surface area contributed by atoms with Gasteiger partial charge in [0.1, 0.15) is 11.2 Å². The van der Waals surface area contributed by atoms with E-state index in [0.717, 1.165) is 60.4 Å². The lowest BCUT2D eigenvalue weighted by Gasteiger charge is -2.11. The van der Waals surface area contributed by atoms with Gasteiger partial charge in [0.15, 0.2) is 0 Å². The summed E-state index contributed by atoms with van der Waals surface area (Å²) in [6.07, 6.45) is 0. The fraction of sp³-hybridized carbons (Fsp3) is 0. The van der Waals surface area contributed by atoms with E-state index in [4.69, 9.17) is 9.40 Å². The number of pyridine rings is 1. The molecule has 9 aromatic rings. The van der Waals surface area contributed by atoms with Gasteiger partial charge in [0, 0.05) is 32.5 Å². The van der Waals surface area contributed by atoms with Crippen molar-refractivity contribution in [1.29, 1.82) is 0 Å². The number of nitrogens with zero attached hydrogens (tertiary/aromatic N) is 1. The summed E-state index contributed by atoms with van der Waals surface area (Å²) in [5, 5.41) is 5.51. The largest absolute Gasteiger partial charge is 0.455 e. The van der Waals surface area contributed by atoms with Gasteiger partial charge in [-0.1, -0.05) is 121 Å². The molecule has 0 fully saturated rings. The van der Waals surface area contributed by atoms with E-state index in [1.165, 1.54) is 27.8 Å². The van der Waals surface area contributed by atoms with Gasteiger partial charge >= 0.3 is 0 Å². The molecule has 2 aromatic heterocycles. The first-order chi connectivity index (χ1) is 22.3. The van der Waals surface area contributed by atoms with Crippen LogP contribution in [0.15, 0.2) is 168 Å². The van der Waals surface area contributed by atoms with E-state index in [1.807, 2.05) is 12.1 Å². The van der Waals surface area contributed by atoms with Crippen LogP contribution in [0.4, 0.5) is 0 Å². The standard InChI is InChI=1S/C43H27NO/c1-4-12-28(13-5-1)32-24-33(29-14-6-2-7-15-29)26-34(25-32)31-20-23-40-38(27-31)35-21-22-37-41(43(35)45-40)36-18-10-11-19-39(36)44-42(37)30-16-8-3-9-17-30/h1-27H. The second kappa shape index (κ2) is 10.3. The fourth-order valence-electron chi connectivity index (χ4n) is 6.65. The zero-order valence-corrected chi connectivity index (χ0v) is 24.4. The minimum absolute atomic E-state index is 0.880. The summed E-state index contributed by atoms with van der Waals surface area (Å²) in [5.74, 6) is 0. The number of hydrogen-bond acceptors (Lipinski definition) is 2. The van der Waals surface area contributed by atoms with Crippen molar-refractivity contribution in [3.05, 3.63) is 164 Å². The van der Waals surface area contributed by atoms with Gasteiger partial charge in [0.05, 0.1) is 11.2 Å². The van der Waals surface area contributed by atoms with Crippen LogP contribution >= 0.6 is 0 Å². The highest BCUT2D eigenvalue weighted by Gasteiger charge is 2.18. The van der Waals surface area contributed by atoms with Gasteiger partial charge in [-0.05, 0) is 75.8 Å². The number of aromatic nitrogens is 1. The Morgan fingerprint density at radius 2 is 0.911 bits per heavy atom. The third-order valence-corrected chi connectivity index (χ3v) is 8.83. The number of furan rings is 1. The van der Waals surface area contributed by atoms with E-state index >= 15 is 0 Å². The first-order valence-electron chi connectivity index (χ1n) is 15.3. The van der Waals surface area contributed by atoms with Gasteiger partial charge in [-0.15, -0.1) is 0 Å². The quantitative estimate of drug-likeness (QED) is 0.196. The van der Waals surface area contributed by atoms with Crippen LogP contribution in [0.25, 0.3) is 88.3 Å². The molecule has 0 atom stereocenters. The number of hydrogen-bond donors (Lipinski definition) is 0. The Bertz CT molecular complexity index is 2460. The molecular formula is C43H27NO. The van der Waals surface area contributed by atoms with Crippen molar-refractivity contribution in [2.75, 3.05) is 0 Å². The van der Waals surface area contributed by atoms with Gasteiger partial charge in [0.25, 0.3) is 0 Å². The molecule has 210 valence electrons. The van der Waals surface area contributed by atoms with Crippen LogP contribution in [-0.2, 0) is 0 Å². The Hall–Kier alpha value is -5.99. The van der Waals surface area contributed by atoms with Crippen molar-refractivity contribution in [1.82, 2.24) is 4.98 Å². The molecule has 9 rings (SSSR count). The Labute approximate surface area is 260 Å². The number of rotatable bonds is 4. The lowest BCUT2D eigenvalue weighted by molar-refractivity contribution is 0.673. The fourth-order valence-corrected chi connectivity index (χ4v) is 6.65. The average Bonchev–Trinajstić information content (AvgIpc) is 3.50. The summed E-state index contributed by atoms with van der Waals surface area (Å²) in [5.41, 5.74) is 11.9. The highest BCUT2D eigenvalue weighted by atomic mass is 16.3. The molecule has 0 aliphatic heterocycles. The molecule has 0 saturated carbocycles. The van der Waals surface area contributed by atoms with Crippen LogP contribution in [0.5, 0.6) is 0 Å². The minimum Gasteiger partial charge on any atom is -0.455 e. The number of para-hydroxylation sites is 1. The molecule has 0 amide bonds. The van der Waals surface area contributed by atoms with Crippen LogP contribution in [0.3, 0.4) is 0 Å². The van der Waals surface area contributed by atoms with Crippen molar-refractivity contribution >= 4 is 43.6 Å². The molecule has 7 aromatic carbocycles.